The van der Waals surface area contributed by atoms with Gasteiger partial charge in [0, 0.05) is 44.8 Å². The number of piperazine rings is 1. The van der Waals surface area contributed by atoms with Gasteiger partial charge in [-0.15, -0.1) is 6.58 Å². The highest BCUT2D eigenvalue weighted by Gasteiger charge is 2.33. The molecule has 0 aliphatic carbocycles. The van der Waals surface area contributed by atoms with Crippen molar-refractivity contribution in [3.05, 3.63) is 74.7 Å². The number of nitrogens with zero attached hydrogens (tertiary/aromatic N) is 5. The number of anilines is 2. The molecule has 2 saturated heterocycles. The van der Waals surface area contributed by atoms with E-state index in [1.165, 1.54) is 22.7 Å². The molecule has 2 aromatic rings. The third-order valence-electron chi connectivity index (χ3n) is 6.40. The van der Waals surface area contributed by atoms with Crippen molar-refractivity contribution >= 4 is 51.8 Å². The first-order valence-corrected chi connectivity index (χ1v) is 12.8. The zero-order chi connectivity index (χ0) is 26.0. The van der Waals surface area contributed by atoms with Crippen LogP contribution in [-0.2, 0) is 11.3 Å². The summed E-state index contributed by atoms with van der Waals surface area (Å²) < 4.78 is 16.4. The minimum atomic E-state index is -0.361. The average molecular weight is 524 g/mol. The van der Waals surface area contributed by atoms with Crippen molar-refractivity contribution in [3.8, 4) is 6.07 Å². The highest BCUT2D eigenvalue weighted by molar-refractivity contribution is 8.26. The first-order valence-electron chi connectivity index (χ1n) is 11.6. The van der Waals surface area contributed by atoms with E-state index < -0.39 is 0 Å². The number of thioether (sulfide) groups is 1. The van der Waals surface area contributed by atoms with Crippen LogP contribution in [0.25, 0.3) is 6.08 Å². The topological polar surface area (TPSA) is 72.6 Å². The van der Waals surface area contributed by atoms with E-state index in [9.17, 15) is 19.2 Å². The normalized spacial score (nSPS) is 17.2. The molecule has 0 saturated carbocycles. The Hall–Kier alpha value is -3.42. The molecular formula is C26H26FN5O2S2. The number of carbonyl (C=O) groups is 1. The zero-order valence-electron chi connectivity index (χ0n) is 20.2. The monoisotopic (exact) mass is 523 g/mol. The molecule has 0 spiro atoms. The van der Waals surface area contributed by atoms with Crippen LogP contribution in [0.15, 0.2) is 46.6 Å². The Morgan fingerprint density at radius 2 is 1.86 bits per heavy atom. The van der Waals surface area contributed by atoms with Gasteiger partial charge in [-0.3, -0.25) is 19.1 Å². The third kappa shape index (κ3) is 4.56. The van der Waals surface area contributed by atoms with E-state index >= 15 is 0 Å². The minimum absolute atomic E-state index is 0.0541. The second-order valence-electron chi connectivity index (χ2n) is 8.40. The van der Waals surface area contributed by atoms with E-state index in [0.717, 1.165) is 0 Å². The second kappa shape index (κ2) is 10.7. The number of amides is 1. The van der Waals surface area contributed by atoms with Gasteiger partial charge in [-0.05, 0) is 37.6 Å². The summed E-state index contributed by atoms with van der Waals surface area (Å²) in [6.07, 6.45) is 3.35. The van der Waals surface area contributed by atoms with Gasteiger partial charge in [0.2, 0.25) is 0 Å². The quantitative estimate of drug-likeness (QED) is 0.323. The molecule has 36 heavy (non-hydrogen) atoms. The van der Waals surface area contributed by atoms with E-state index in [-0.39, 0.29) is 22.8 Å². The molecule has 0 atom stereocenters. The summed E-state index contributed by atoms with van der Waals surface area (Å²) in [5.74, 6) is 0.154. The lowest BCUT2D eigenvalue weighted by molar-refractivity contribution is -0.121. The van der Waals surface area contributed by atoms with Crippen LogP contribution >= 0.6 is 24.0 Å². The van der Waals surface area contributed by atoms with Crippen LogP contribution in [0.4, 0.5) is 15.9 Å². The molecule has 10 heteroatoms. The summed E-state index contributed by atoms with van der Waals surface area (Å²) in [5.41, 5.74) is 1.41. The van der Waals surface area contributed by atoms with Crippen molar-refractivity contribution in [2.45, 2.75) is 20.4 Å². The molecule has 0 unspecified atom stereocenters. The Morgan fingerprint density at radius 3 is 2.47 bits per heavy atom. The minimum Gasteiger partial charge on any atom is -0.366 e. The van der Waals surface area contributed by atoms with Crippen LogP contribution in [-0.4, -0.2) is 52.4 Å². The lowest BCUT2D eigenvalue weighted by atomic mass is 10.0. The van der Waals surface area contributed by atoms with Crippen LogP contribution < -0.4 is 15.4 Å². The standard InChI is InChI=1S/C26H26FN5O2S2/c1-4-10-32-25(34)22(36-26(32)35)15-18-17(3)19(16-28)24(33)31(5-2)23(18)30-13-11-29(12-14-30)21-9-7-6-8-20(21)27/h4,6-9,15H,1,5,10-14H2,2-3H3. The molecule has 186 valence electrons. The van der Waals surface area contributed by atoms with E-state index in [1.54, 1.807) is 35.8 Å². The zero-order valence-corrected chi connectivity index (χ0v) is 21.8. The molecule has 2 fully saturated rings. The summed E-state index contributed by atoms with van der Waals surface area (Å²) >= 11 is 6.57. The average Bonchev–Trinajstić information content (AvgIpc) is 3.14. The predicted molar refractivity (Wildman–Crippen MR) is 147 cm³/mol. The molecule has 3 heterocycles. The number of aromatic nitrogens is 1. The van der Waals surface area contributed by atoms with Gasteiger partial charge >= 0.3 is 0 Å². The summed E-state index contributed by atoms with van der Waals surface area (Å²) in [6.45, 7) is 10.1. The second-order valence-corrected chi connectivity index (χ2v) is 10.1. The maximum Gasteiger partial charge on any atom is 0.270 e. The molecule has 1 aromatic heterocycles. The molecule has 4 rings (SSSR count). The fraction of sp³-hybridized carbons (Fsp3) is 0.308. The van der Waals surface area contributed by atoms with E-state index in [2.05, 4.69) is 11.5 Å². The number of nitriles is 1. The van der Waals surface area contributed by atoms with Crippen LogP contribution in [0.2, 0.25) is 0 Å². The molecule has 1 aromatic carbocycles. The molecule has 1 amide bonds. The smallest absolute Gasteiger partial charge is 0.270 e. The molecule has 0 radical (unpaired) electrons. The van der Waals surface area contributed by atoms with Crippen molar-refractivity contribution < 1.29 is 9.18 Å². The largest absolute Gasteiger partial charge is 0.366 e. The first-order chi connectivity index (χ1) is 17.3. The molecular weight excluding hydrogens is 497 g/mol. The fourth-order valence-corrected chi connectivity index (χ4v) is 5.82. The van der Waals surface area contributed by atoms with Gasteiger partial charge in [0.05, 0.1) is 10.6 Å². The molecule has 7 nitrogen and oxygen atoms in total. The van der Waals surface area contributed by atoms with Crippen LogP contribution in [0, 0.1) is 24.1 Å². The number of rotatable bonds is 6. The lowest BCUT2D eigenvalue weighted by Gasteiger charge is -2.39. The van der Waals surface area contributed by atoms with Gasteiger partial charge in [0.15, 0.2) is 0 Å². The fourth-order valence-electron chi connectivity index (χ4n) is 4.56. The van der Waals surface area contributed by atoms with Crippen LogP contribution in [0.1, 0.15) is 23.6 Å². The van der Waals surface area contributed by atoms with Gasteiger partial charge in [-0.2, -0.15) is 5.26 Å². The molecule has 2 aliphatic heterocycles. The molecule has 2 aliphatic rings. The number of thiocarbonyl (C=S) groups is 1. The number of hydrogen-bond donors (Lipinski definition) is 0. The summed E-state index contributed by atoms with van der Waals surface area (Å²) in [4.78, 5) is 32.2. The van der Waals surface area contributed by atoms with Crippen molar-refractivity contribution in [2.75, 3.05) is 42.5 Å². The highest BCUT2D eigenvalue weighted by Crippen LogP contribution is 2.36. The van der Waals surface area contributed by atoms with E-state index in [0.29, 0.717) is 71.1 Å². The van der Waals surface area contributed by atoms with Crippen LogP contribution in [0.3, 0.4) is 0 Å². The SMILES string of the molecule is C=CCN1C(=O)C(=Cc2c(C)c(C#N)c(=O)n(CC)c2N2CCN(c3ccccc3F)CC2)SC1=S. The Kier molecular flexibility index (Phi) is 7.62. The summed E-state index contributed by atoms with van der Waals surface area (Å²) in [5, 5.41) is 9.75. The number of para-hydroxylation sites is 1. The first kappa shape index (κ1) is 25.7. The Morgan fingerprint density at radius 1 is 1.19 bits per heavy atom. The Bertz CT molecular complexity index is 1370. The summed E-state index contributed by atoms with van der Waals surface area (Å²) in [7, 11) is 0. The van der Waals surface area contributed by atoms with Gasteiger partial charge in [0.25, 0.3) is 11.5 Å². The van der Waals surface area contributed by atoms with E-state index in [4.69, 9.17) is 12.2 Å². The number of halogens is 1. The maximum absolute atomic E-state index is 14.4. The third-order valence-corrected chi connectivity index (χ3v) is 7.77. The van der Waals surface area contributed by atoms with Crippen molar-refractivity contribution in [1.29, 1.82) is 5.26 Å². The van der Waals surface area contributed by atoms with Gasteiger partial charge in [-0.25, -0.2) is 4.39 Å². The van der Waals surface area contributed by atoms with Crippen molar-refractivity contribution in [1.82, 2.24) is 9.47 Å². The van der Waals surface area contributed by atoms with E-state index in [1.807, 2.05) is 24.0 Å². The Labute approximate surface area is 219 Å². The number of hydrogen-bond acceptors (Lipinski definition) is 7. The van der Waals surface area contributed by atoms with Crippen molar-refractivity contribution in [2.24, 2.45) is 0 Å². The summed E-state index contributed by atoms with van der Waals surface area (Å²) in [6, 6.07) is 8.73. The Balaban J connectivity index is 1.78. The maximum atomic E-state index is 14.4. The molecule has 0 bridgehead atoms. The number of pyridine rings is 1. The lowest BCUT2D eigenvalue weighted by Crippen LogP contribution is -2.49. The number of benzene rings is 1. The highest BCUT2D eigenvalue weighted by atomic mass is 32.2. The van der Waals surface area contributed by atoms with Gasteiger partial charge < -0.3 is 9.80 Å². The molecule has 0 N–H and O–H groups in total. The van der Waals surface area contributed by atoms with Gasteiger partial charge in [-0.1, -0.05) is 42.2 Å². The number of carbonyl (C=O) groups excluding carboxylic acids is 1. The predicted octanol–water partition coefficient (Wildman–Crippen LogP) is 3.90. The van der Waals surface area contributed by atoms with Crippen molar-refractivity contribution in [3.63, 3.8) is 0 Å². The van der Waals surface area contributed by atoms with Crippen LogP contribution in [0.5, 0.6) is 0 Å². The van der Waals surface area contributed by atoms with Gasteiger partial charge in [0.1, 0.15) is 27.6 Å².